The van der Waals surface area contributed by atoms with E-state index in [-0.39, 0.29) is 0 Å². The van der Waals surface area contributed by atoms with Crippen molar-refractivity contribution in [3.63, 3.8) is 0 Å². The summed E-state index contributed by atoms with van der Waals surface area (Å²) in [5.41, 5.74) is 8.37. The number of fused-ring (bicyclic) bond motifs is 1. The molecule has 0 bridgehead atoms. The van der Waals surface area contributed by atoms with Gasteiger partial charge in [0.1, 0.15) is 11.3 Å². The number of nitrogens with zero attached hydrogens (tertiary/aromatic N) is 4. The molecule has 0 unspecified atom stereocenters. The topological polar surface area (TPSA) is 68.2 Å². The number of hydrazone groups is 1. The first-order chi connectivity index (χ1) is 16.8. The molecule has 0 atom stereocenters. The molecular weight excluding hydrogens is 442 g/mol. The fourth-order valence-electron chi connectivity index (χ4n) is 3.71. The highest BCUT2D eigenvalue weighted by Crippen LogP contribution is 2.29. The van der Waals surface area contributed by atoms with Crippen LogP contribution in [0, 0.1) is 0 Å². The Morgan fingerprint density at radius 3 is 2.50 bits per heavy atom. The van der Waals surface area contributed by atoms with Crippen LogP contribution in [0.1, 0.15) is 5.56 Å². The fraction of sp³-hybridized carbons (Fsp3) is 0. The van der Waals surface area contributed by atoms with E-state index in [1.54, 1.807) is 6.21 Å². The van der Waals surface area contributed by atoms with Crippen LogP contribution in [0.2, 0.25) is 0 Å². The molecule has 6 nitrogen and oxygen atoms in total. The number of anilines is 1. The Balaban J connectivity index is 1.32. The number of furan rings is 1. The third kappa shape index (κ3) is 4.00. The summed E-state index contributed by atoms with van der Waals surface area (Å²) in [5.74, 6) is 0.693. The molecule has 0 aliphatic carbocycles. The lowest BCUT2D eigenvalue weighted by Gasteiger charge is -1.98. The van der Waals surface area contributed by atoms with Crippen molar-refractivity contribution in [1.82, 2.24) is 14.8 Å². The van der Waals surface area contributed by atoms with Gasteiger partial charge in [-0.3, -0.25) is 5.43 Å². The summed E-state index contributed by atoms with van der Waals surface area (Å²) >= 11 is 1.51. The van der Waals surface area contributed by atoms with Crippen LogP contribution in [0.5, 0.6) is 0 Å². The van der Waals surface area contributed by atoms with Gasteiger partial charge >= 0.3 is 0 Å². The zero-order valence-corrected chi connectivity index (χ0v) is 18.8. The van der Waals surface area contributed by atoms with Gasteiger partial charge in [0.15, 0.2) is 5.76 Å². The number of benzene rings is 3. The molecule has 34 heavy (non-hydrogen) atoms. The lowest BCUT2D eigenvalue weighted by Crippen LogP contribution is -1.93. The van der Waals surface area contributed by atoms with E-state index in [0.29, 0.717) is 5.76 Å². The Labute approximate surface area is 199 Å². The van der Waals surface area contributed by atoms with Gasteiger partial charge < -0.3 is 4.42 Å². The average molecular weight is 462 g/mol. The molecule has 3 heterocycles. The maximum atomic E-state index is 6.09. The van der Waals surface area contributed by atoms with Crippen molar-refractivity contribution < 1.29 is 4.42 Å². The van der Waals surface area contributed by atoms with Crippen LogP contribution in [-0.4, -0.2) is 21.0 Å². The predicted octanol–water partition coefficient (Wildman–Crippen LogP) is 6.86. The monoisotopic (exact) mass is 461 g/mol. The fourth-order valence-corrected chi connectivity index (χ4v) is 4.38. The summed E-state index contributed by atoms with van der Waals surface area (Å²) in [6.45, 7) is 0. The maximum Gasteiger partial charge on any atom is 0.203 e. The molecule has 0 fully saturated rings. The molecule has 3 aromatic heterocycles. The molecule has 0 saturated carbocycles. The highest BCUT2D eigenvalue weighted by molar-refractivity contribution is 7.14. The molecule has 0 spiro atoms. The molecule has 164 valence electrons. The van der Waals surface area contributed by atoms with Gasteiger partial charge in [-0.1, -0.05) is 66.7 Å². The molecule has 3 aromatic carbocycles. The number of para-hydroxylation sites is 2. The lowest BCUT2D eigenvalue weighted by atomic mass is 10.2. The van der Waals surface area contributed by atoms with Crippen LogP contribution in [0.25, 0.3) is 39.4 Å². The number of rotatable bonds is 6. The van der Waals surface area contributed by atoms with Crippen molar-refractivity contribution in [2.75, 3.05) is 5.43 Å². The highest BCUT2D eigenvalue weighted by atomic mass is 32.1. The Bertz CT molecular complexity index is 1550. The second-order valence-corrected chi connectivity index (χ2v) is 8.49. The van der Waals surface area contributed by atoms with E-state index in [9.17, 15) is 0 Å². The van der Waals surface area contributed by atoms with E-state index in [2.05, 4.69) is 15.5 Å². The van der Waals surface area contributed by atoms with E-state index in [4.69, 9.17) is 9.52 Å². The van der Waals surface area contributed by atoms with Crippen LogP contribution in [-0.2, 0) is 0 Å². The molecule has 0 amide bonds. The van der Waals surface area contributed by atoms with E-state index in [1.807, 2.05) is 107 Å². The third-order valence-electron chi connectivity index (χ3n) is 5.36. The van der Waals surface area contributed by atoms with Gasteiger partial charge in [-0.15, -0.1) is 11.3 Å². The van der Waals surface area contributed by atoms with Gasteiger partial charge in [-0.2, -0.15) is 10.2 Å². The normalized spacial score (nSPS) is 11.4. The predicted molar refractivity (Wildman–Crippen MR) is 138 cm³/mol. The second-order valence-electron chi connectivity index (χ2n) is 7.64. The molecule has 6 rings (SSSR count). The van der Waals surface area contributed by atoms with Gasteiger partial charge in [0, 0.05) is 28.1 Å². The SMILES string of the molecule is C(=NNc1nc(-c2ccccc2)cs1)c1cn(-c2ccccc2)nc1-c1cc2ccccc2o1. The van der Waals surface area contributed by atoms with Crippen LogP contribution < -0.4 is 5.43 Å². The van der Waals surface area contributed by atoms with Crippen molar-refractivity contribution in [1.29, 1.82) is 0 Å². The Morgan fingerprint density at radius 2 is 1.68 bits per heavy atom. The Hall–Kier alpha value is -4.49. The van der Waals surface area contributed by atoms with Gasteiger partial charge in [-0.25, -0.2) is 9.67 Å². The molecule has 0 radical (unpaired) electrons. The van der Waals surface area contributed by atoms with Crippen LogP contribution in [0.15, 0.2) is 112 Å². The maximum absolute atomic E-state index is 6.09. The summed E-state index contributed by atoms with van der Waals surface area (Å²) in [4.78, 5) is 4.63. The van der Waals surface area contributed by atoms with Crippen molar-refractivity contribution >= 4 is 33.7 Å². The number of nitrogens with one attached hydrogen (secondary N) is 1. The van der Waals surface area contributed by atoms with Crippen LogP contribution in [0.4, 0.5) is 5.13 Å². The Morgan fingerprint density at radius 1 is 0.912 bits per heavy atom. The number of thiazole rings is 1. The lowest BCUT2D eigenvalue weighted by molar-refractivity contribution is 0.627. The Kier molecular flexibility index (Phi) is 5.21. The molecule has 6 aromatic rings. The van der Waals surface area contributed by atoms with E-state index < -0.39 is 0 Å². The zero-order valence-electron chi connectivity index (χ0n) is 18.0. The van der Waals surface area contributed by atoms with Gasteiger partial charge in [0.25, 0.3) is 0 Å². The molecular formula is C27H19N5OS. The average Bonchev–Trinajstić information content (AvgIpc) is 3.63. The first kappa shape index (κ1) is 20.1. The summed E-state index contributed by atoms with van der Waals surface area (Å²) in [7, 11) is 0. The summed E-state index contributed by atoms with van der Waals surface area (Å²) in [6, 6.07) is 30.0. The van der Waals surface area contributed by atoms with E-state index in [1.165, 1.54) is 11.3 Å². The smallest absolute Gasteiger partial charge is 0.203 e. The number of hydrogen-bond donors (Lipinski definition) is 1. The first-order valence-electron chi connectivity index (χ1n) is 10.8. The summed E-state index contributed by atoms with van der Waals surface area (Å²) < 4.78 is 7.93. The van der Waals surface area contributed by atoms with Crippen LogP contribution in [0.3, 0.4) is 0 Å². The van der Waals surface area contributed by atoms with E-state index in [0.717, 1.165) is 44.3 Å². The molecule has 0 aliphatic heterocycles. The highest BCUT2D eigenvalue weighted by Gasteiger charge is 2.15. The summed E-state index contributed by atoms with van der Waals surface area (Å²) in [5, 5.41) is 13.0. The molecule has 0 aliphatic rings. The third-order valence-corrected chi connectivity index (χ3v) is 6.11. The molecule has 1 N–H and O–H groups in total. The van der Waals surface area contributed by atoms with Gasteiger partial charge in [-0.05, 0) is 24.3 Å². The van der Waals surface area contributed by atoms with Crippen molar-refractivity contribution in [2.45, 2.75) is 0 Å². The minimum Gasteiger partial charge on any atom is -0.454 e. The van der Waals surface area contributed by atoms with Gasteiger partial charge in [0.2, 0.25) is 5.13 Å². The molecule has 0 saturated heterocycles. The first-order valence-corrected chi connectivity index (χ1v) is 11.7. The quantitative estimate of drug-likeness (QED) is 0.217. The van der Waals surface area contributed by atoms with Gasteiger partial charge in [0.05, 0.1) is 17.6 Å². The second kappa shape index (κ2) is 8.80. The molecule has 7 heteroatoms. The minimum atomic E-state index is 0.693. The van der Waals surface area contributed by atoms with Crippen molar-refractivity contribution in [3.8, 4) is 28.4 Å². The van der Waals surface area contributed by atoms with E-state index >= 15 is 0 Å². The minimum absolute atomic E-state index is 0.693. The van der Waals surface area contributed by atoms with Crippen molar-refractivity contribution in [3.05, 3.63) is 108 Å². The zero-order chi connectivity index (χ0) is 22.7. The summed E-state index contributed by atoms with van der Waals surface area (Å²) in [6.07, 6.45) is 3.69. The number of hydrogen-bond acceptors (Lipinski definition) is 6. The van der Waals surface area contributed by atoms with Crippen LogP contribution >= 0.6 is 11.3 Å². The van der Waals surface area contributed by atoms with Crippen molar-refractivity contribution in [2.24, 2.45) is 5.10 Å². The standard InChI is InChI=1S/C27H19N5OS/c1-3-9-19(10-4-1)23-18-34-27(29-23)30-28-16-21-17-32(22-12-5-2-6-13-22)31-26(21)25-15-20-11-7-8-14-24(20)33-25/h1-18H,(H,29,30). The largest absolute Gasteiger partial charge is 0.454 e. The number of aromatic nitrogens is 3.